The van der Waals surface area contributed by atoms with Crippen molar-refractivity contribution in [1.82, 2.24) is 0 Å². The highest BCUT2D eigenvalue weighted by Gasteiger charge is 2.07. The molecule has 1 aromatic rings. The van der Waals surface area contributed by atoms with Crippen LogP contribution in [0.3, 0.4) is 0 Å². The van der Waals surface area contributed by atoms with E-state index in [1.807, 2.05) is 0 Å². The Balaban J connectivity index is 3.00. The van der Waals surface area contributed by atoms with E-state index in [2.05, 4.69) is 59.7 Å². The second-order valence-corrected chi connectivity index (χ2v) is 6.43. The van der Waals surface area contributed by atoms with Gasteiger partial charge in [-0.15, -0.1) is 0 Å². The normalized spacial score (nSPS) is 11.8. The van der Waals surface area contributed by atoms with E-state index >= 15 is 0 Å². The highest BCUT2D eigenvalue weighted by Crippen LogP contribution is 2.22. The van der Waals surface area contributed by atoms with Crippen LogP contribution in [0.4, 0.5) is 0 Å². The molecule has 0 amide bonds. The maximum atomic E-state index is 2.41. The molecule has 0 aromatic heterocycles. The molecule has 0 fully saturated rings. The van der Waals surface area contributed by atoms with Gasteiger partial charge in [-0.1, -0.05) is 59.7 Å². The fraction of sp³-hybridized carbons (Fsp3) is 0.647. The summed E-state index contributed by atoms with van der Waals surface area (Å²) in [6.45, 7) is 13.8. The third-order valence-electron chi connectivity index (χ3n) is 3.03. The first-order valence-electron chi connectivity index (χ1n) is 7.01. The summed E-state index contributed by atoms with van der Waals surface area (Å²) in [5.41, 5.74) is 4.53. The molecular weight excluding hydrogens is 204 g/mol. The van der Waals surface area contributed by atoms with Crippen molar-refractivity contribution < 1.29 is 0 Å². The highest BCUT2D eigenvalue weighted by atomic mass is 14.1. The van der Waals surface area contributed by atoms with Crippen LogP contribution in [-0.4, -0.2) is 0 Å². The van der Waals surface area contributed by atoms with Gasteiger partial charge in [-0.2, -0.15) is 0 Å². The van der Waals surface area contributed by atoms with Crippen molar-refractivity contribution in [3.63, 3.8) is 0 Å². The topological polar surface area (TPSA) is 0 Å². The van der Waals surface area contributed by atoms with Crippen molar-refractivity contribution >= 4 is 0 Å². The lowest BCUT2D eigenvalue weighted by Gasteiger charge is -2.14. The summed E-state index contributed by atoms with van der Waals surface area (Å²) in [7, 11) is 0. The van der Waals surface area contributed by atoms with Gasteiger partial charge in [0.15, 0.2) is 0 Å². The average Bonchev–Trinajstić information content (AvgIpc) is 2.14. The van der Waals surface area contributed by atoms with Gasteiger partial charge in [0.2, 0.25) is 0 Å². The summed E-state index contributed by atoms with van der Waals surface area (Å²) < 4.78 is 0. The lowest BCUT2D eigenvalue weighted by molar-refractivity contribution is 0.634. The van der Waals surface area contributed by atoms with Gasteiger partial charge in [0.05, 0.1) is 0 Å². The molecule has 0 aliphatic heterocycles. The third kappa shape index (κ3) is 4.93. The summed E-state index contributed by atoms with van der Waals surface area (Å²) in [4.78, 5) is 0. The van der Waals surface area contributed by atoms with Crippen molar-refractivity contribution in [3.8, 4) is 0 Å². The molecule has 0 atom stereocenters. The lowest BCUT2D eigenvalue weighted by Crippen LogP contribution is -2.01. The van der Waals surface area contributed by atoms with Crippen LogP contribution >= 0.6 is 0 Å². The lowest BCUT2D eigenvalue weighted by atomic mass is 9.91. The molecule has 0 spiro atoms. The second-order valence-electron chi connectivity index (χ2n) is 6.43. The van der Waals surface area contributed by atoms with Gasteiger partial charge in [-0.3, -0.25) is 0 Å². The SMILES string of the molecule is CC(C)Cc1cc(CC(C)C)cc(C(C)C)c1. The first-order chi connectivity index (χ1) is 7.88. The van der Waals surface area contributed by atoms with E-state index in [4.69, 9.17) is 0 Å². The van der Waals surface area contributed by atoms with Crippen LogP contribution in [0, 0.1) is 11.8 Å². The fourth-order valence-electron chi connectivity index (χ4n) is 2.30. The summed E-state index contributed by atoms with van der Waals surface area (Å²) in [5.74, 6) is 2.11. The van der Waals surface area contributed by atoms with E-state index in [-0.39, 0.29) is 0 Å². The predicted molar refractivity (Wildman–Crippen MR) is 77.6 cm³/mol. The van der Waals surface area contributed by atoms with Crippen LogP contribution in [0.25, 0.3) is 0 Å². The maximum absolute atomic E-state index is 2.41. The minimum absolute atomic E-state index is 0.632. The Hall–Kier alpha value is -0.780. The Morgan fingerprint density at radius 3 is 1.41 bits per heavy atom. The fourth-order valence-corrected chi connectivity index (χ4v) is 2.30. The molecule has 0 heteroatoms. The van der Waals surface area contributed by atoms with Crippen molar-refractivity contribution in [2.24, 2.45) is 11.8 Å². The third-order valence-corrected chi connectivity index (χ3v) is 3.03. The molecule has 0 N–H and O–H groups in total. The molecule has 96 valence electrons. The van der Waals surface area contributed by atoms with E-state index in [9.17, 15) is 0 Å². The van der Waals surface area contributed by atoms with Crippen molar-refractivity contribution in [2.75, 3.05) is 0 Å². The Bertz CT molecular complexity index is 317. The van der Waals surface area contributed by atoms with Gasteiger partial charge >= 0.3 is 0 Å². The Morgan fingerprint density at radius 2 is 1.12 bits per heavy atom. The summed E-state index contributed by atoms with van der Waals surface area (Å²) in [6, 6.07) is 7.20. The number of benzene rings is 1. The van der Waals surface area contributed by atoms with E-state index in [0.717, 1.165) is 11.8 Å². The highest BCUT2D eigenvalue weighted by molar-refractivity contribution is 5.32. The van der Waals surface area contributed by atoms with E-state index in [1.165, 1.54) is 29.5 Å². The average molecular weight is 232 g/mol. The zero-order chi connectivity index (χ0) is 13.0. The largest absolute Gasteiger partial charge is 0.0625 e. The molecule has 0 bridgehead atoms. The molecule has 0 heterocycles. The molecular formula is C17H28. The number of hydrogen-bond donors (Lipinski definition) is 0. The zero-order valence-corrected chi connectivity index (χ0v) is 12.4. The van der Waals surface area contributed by atoms with E-state index in [1.54, 1.807) is 0 Å². The predicted octanol–water partition coefficient (Wildman–Crippen LogP) is 5.21. The van der Waals surface area contributed by atoms with Crippen LogP contribution in [0.5, 0.6) is 0 Å². The first kappa shape index (κ1) is 14.3. The molecule has 0 aliphatic rings. The van der Waals surface area contributed by atoms with Crippen molar-refractivity contribution in [2.45, 2.75) is 60.3 Å². The van der Waals surface area contributed by atoms with Gasteiger partial charge in [-0.05, 0) is 47.3 Å². The monoisotopic (exact) mass is 232 g/mol. The van der Waals surface area contributed by atoms with Crippen LogP contribution < -0.4 is 0 Å². The quantitative estimate of drug-likeness (QED) is 0.654. The number of rotatable bonds is 5. The van der Waals surface area contributed by atoms with Crippen LogP contribution in [-0.2, 0) is 12.8 Å². The first-order valence-corrected chi connectivity index (χ1v) is 7.01. The molecule has 0 radical (unpaired) electrons. The van der Waals surface area contributed by atoms with Gasteiger partial charge in [0.25, 0.3) is 0 Å². The maximum Gasteiger partial charge on any atom is -0.0219 e. The second kappa shape index (κ2) is 6.23. The van der Waals surface area contributed by atoms with Gasteiger partial charge in [-0.25, -0.2) is 0 Å². The summed E-state index contributed by atoms with van der Waals surface area (Å²) in [6.07, 6.45) is 2.40. The van der Waals surface area contributed by atoms with Crippen LogP contribution in [0.1, 0.15) is 64.2 Å². The van der Waals surface area contributed by atoms with Crippen molar-refractivity contribution in [1.29, 1.82) is 0 Å². The summed E-state index contributed by atoms with van der Waals surface area (Å²) in [5, 5.41) is 0. The molecule has 0 nitrogen and oxygen atoms in total. The Labute approximate surface area is 107 Å². The van der Waals surface area contributed by atoms with Gasteiger partial charge in [0, 0.05) is 0 Å². The standard InChI is InChI=1S/C17H28/c1-12(2)7-15-9-16(8-13(3)4)11-17(10-15)14(5)6/h9-14H,7-8H2,1-6H3. The zero-order valence-electron chi connectivity index (χ0n) is 12.4. The molecule has 0 unspecified atom stereocenters. The molecule has 1 aromatic carbocycles. The smallest absolute Gasteiger partial charge is 0.0219 e. The van der Waals surface area contributed by atoms with E-state index < -0.39 is 0 Å². The van der Waals surface area contributed by atoms with Crippen LogP contribution in [0.2, 0.25) is 0 Å². The molecule has 17 heavy (non-hydrogen) atoms. The molecule has 0 saturated carbocycles. The van der Waals surface area contributed by atoms with E-state index in [0.29, 0.717) is 5.92 Å². The Morgan fingerprint density at radius 1 is 0.706 bits per heavy atom. The van der Waals surface area contributed by atoms with Gasteiger partial charge < -0.3 is 0 Å². The Kier molecular flexibility index (Phi) is 5.24. The number of hydrogen-bond acceptors (Lipinski definition) is 0. The molecule has 0 saturated heterocycles. The summed E-state index contributed by atoms with van der Waals surface area (Å²) >= 11 is 0. The van der Waals surface area contributed by atoms with Gasteiger partial charge in [0.1, 0.15) is 0 Å². The van der Waals surface area contributed by atoms with Crippen LogP contribution in [0.15, 0.2) is 18.2 Å². The minimum Gasteiger partial charge on any atom is -0.0625 e. The molecule has 1 rings (SSSR count). The van der Waals surface area contributed by atoms with Crippen molar-refractivity contribution in [3.05, 3.63) is 34.9 Å². The minimum atomic E-state index is 0.632. The molecule has 0 aliphatic carbocycles.